The highest BCUT2D eigenvalue weighted by molar-refractivity contribution is 5.91. The van der Waals surface area contributed by atoms with E-state index in [0.717, 1.165) is 16.9 Å². The number of nitrogen functional groups attached to an aromatic ring is 1. The number of aryl methyl sites for hydroxylation is 2. The van der Waals surface area contributed by atoms with E-state index in [1.165, 1.54) is 43.4 Å². The van der Waals surface area contributed by atoms with Crippen LogP contribution in [0.25, 0.3) is 11.0 Å². The van der Waals surface area contributed by atoms with Gasteiger partial charge in [-0.2, -0.15) is 0 Å². The van der Waals surface area contributed by atoms with Crippen LogP contribution in [0.2, 0.25) is 0 Å². The summed E-state index contributed by atoms with van der Waals surface area (Å²) in [5, 5.41) is 1.05. The van der Waals surface area contributed by atoms with Gasteiger partial charge in [-0.3, -0.25) is 0 Å². The lowest BCUT2D eigenvalue weighted by atomic mass is 9.95. The molecule has 1 aliphatic carbocycles. The molecule has 0 bridgehead atoms. The first-order valence-corrected chi connectivity index (χ1v) is 7.21. The summed E-state index contributed by atoms with van der Waals surface area (Å²) in [6.45, 7) is 6.23. The molecular weight excluding hydrogens is 236 g/mol. The molecule has 1 aliphatic rings. The highest BCUT2D eigenvalue weighted by atomic mass is 15.1. The number of nitrogens with two attached hydrogens (primary N) is 1. The second-order valence-electron chi connectivity index (χ2n) is 5.73. The Morgan fingerprint density at radius 3 is 2.42 bits per heavy atom. The van der Waals surface area contributed by atoms with Gasteiger partial charge in [0, 0.05) is 11.7 Å². The molecular formula is C15H22N4. The van der Waals surface area contributed by atoms with Crippen LogP contribution in [0, 0.1) is 20.8 Å². The molecule has 2 N–H and O–H groups in total. The molecule has 2 aromatic heterocycles. The lowest BCUT2D eigenvalue weighted by Gasteiger charge is -2.25. The fourth-order valence-corrected chi connectivity index (χ4v) is 3.42. The molecule has 4 nitrogen and oxygen atoms in total. The van der Waals surface area contributed by atoms with Gasteiger partial charge in [0.25, 0.3) is 0 Å². The van der Waals surface area contributed by atoms with Crippen LogP contribution in [-0.4, -0.2) is 14.5 Å². The number of aromatic nitrogens is 3. The summed E-state index contributed by atoms with van der Waals surface area (Å²) in [4.78, 5) is 8.98. The van der Waals surface area contributed by atoms with Crippen molar-refractivity contribution >= 4 is 16.9 Å². The summed E-state index contributed by atoms with van der Waals surface area (Å²) in [6.07, 6.45) is 6.52. The average Bonchev–Trinajstić information content (AvgIpc) is 2.63. The van der Waals surface area contributed by atoms with E-state index in [9.17, 15) is 0 Å². The van der Waals surface area contributed by atoms with Crippen LogP contribution in [-0.2, 0) is 0 Å². The summed E-state index contributed by atoms with van der Waals surface area (Å²) in [5.41, 5.74) is 9.67. The Morgan fingerprint density at radius 1 is 1.05 bits per heavy atom. The fourth-order valence-electron chi connectivity index (χ4n) is 3.42. The lowest BCUT2D eigenvalue weighted by Crippen LogP contribution is -2.15. The smallest absolute Gasteiger partial charge is 0.146 e. The van der Waals surface area contributed by atoms with Gasteiger partial charge in [-0.05, 0) is 39.2 Å². The molecule has 0 unspecified atom stereocenters. The summed E-state index contributed by atoms with van der Waals surface area (Å²) in [5.74, 6) is 1.39. The second-order valence-corrected chi connectivity index (χ2v) is 5.73. The van der Waals surface area contributed by atoms with Gasteiger partial charge in [0.2, 0.25) is 0 Å². The van der Waals surface area contributed by atoms with Gasteiger partial charge < -0.3 is 10.3 Å². The molecule has 0 amide bonds. The number of fused-ring (bicyclic) bond motifs is 1. The Hall–Kier alpha value is -1.58. The third-order valence-electron chi connectivity index (χ3n) is 4.48. The standard InChI is InChI=1S/C15H22N4/c1-9-10(2)19(12-7-5-4-6-8-12)15-13(9)14(16)17-11(3)18-15/h12H,4-8H2,1-3H3,(H2,16,17,18). The van der Waals surface area contributed by atoms with Crippen LogP contribution in [0.1, 0.15) is 55.2 Å². The summed E-state index contributed by atoms with van der Waals surface area (Å²) >= 11 is 0. The molecule has 2 aromatic rings. The lowest BCUT2D eigenvalue weighted by molar-refractivity contribution is 0.355. The first-order valence-electron chi connectivity index (χ1n) is 7.21. The highest BCUT2D eigenvalue weighted by Crippen LogP contribution is 2.36. The number of hydrogen-bond donors (Lipinski definition) is 1. The maximum Gasteiger partial charge on any atom is 0.146 e. The second kappa shape index (κ2) is 4.51. The zero-order valence-corrected chi connectivity index (χ0v) is 12.0. The number of anilines is 1. The van der Waals surface area contributed by atoms with E-state index in [-0.39, 0.29) is 0 Å². The van der Waals surface area contributed by atoms with E-state index in [2.05, 4.69) is 28.4 Å². The minimum atomic E-state index is 0.582. The Labute approximate surface area is 114 Å². The Balaban J connectivity index is 2.25. The van der Waals surface area contributed by atoms with Crippen molar-refractivity contribution in [1.82, 2.24) is 14.5 Å². The van der Waals surface area contributed by atoms with Gasteiger partial charge in [-0.15, -0.1) is 0 Å². The zero-order valence-electron chi connectivity index (χ0n) is 12.0. The van der Waals surface area contributed by atoms with E-state index in [0.29, 0.717) is 11.9 Å². The largest absolute Gasteiger partial charge is 0.383 e. The molecule has 0 aliphatic heterocycles. The summed E-state index contributed by atoms with van der Waals surface area (Å²) < 4.78 is 2.41. The van der Waals surface area contributed by atoms with Crippen LogP contribution in [0.3, 0.4) is 0 Å². The monoisotopic (exact) mass is 258 g/mol. The number of nitrogens with zero attached hydrogens (tertiary/aromatic N) is 3. The highest BCUT2D eigenvalue weighted by Gasteiger charge is 2.23. The molecule has 4 heteroatoms. The van der Waals surface area contributed by atoms with Crippen LogP contribution in [0.15, 0.2) is 0 Å². The van der Waals surface area contributed by atoms with Gasteiger partial charge in [-0.25, -0.2) is 9.97 Å². The Morgan fingerprint density at radius 2 is 1.74 bits per heavy atom. The van der Waals surface area contributed by atoms with Crippen molar-refractivity contribution in [3.63, 3.8) is 0 Å². The first kappa shape index (κ1) is 12.5. The van der Waals surface area contributed by atoms with Crippen molar-refractivity contribution in [2.75, 3.05) is 5.73 Å². The average molecular weight is 258 g/mol. The SMILES string of the molecule is Cc1nc(N)c2c(C)c(C)n(C3CCCCC3)c2n1. The van der Waals surface area contributed by atoms with Crippen molar-refractivity contribution < 1.29 is 0 Å². The third kappa shape index (κ3) is 1.90. The summed E-state index contributed by atoms with van der Waals surface area (Å²) in [6, 6.07) is 0.582. The fraction of sp³-hybridized carbons (Fsp3) is 0.600. The van der Waals surface area contributed by atoms with Gasteiger partial charge in [-0.1, -0.05) is 19.3 Å². The van der Waals surface area contributed by atoms with Crippen LogP contribution in [0.4, 0.5) is 5.82 Å². The normalized spacial score (nSPS) is 17.2. The zero-order chi connectivity index (χ0) is 13.6. The quantitative estimate of drug-likeness (QED) is 0.852. The molecule has 0 spiro atoms. The molecule has 102 valence electrons. The van der Waals surface area contributed by atoms with Crippen molar-refractivity contribution in [3.05, 3.63) is 17.1 Å². The first-order chi connectivity index (χ1) is 9.09. The van der Waals surface area contributed by atoms with Gasteiger partial charge >= 0.3 is 0 Å². The van der Waals surface area contributed by atoms with E-state index < -0.39 is 0 Å². The van der Waals surface area contributed by atoms with Crippen molar-refractivity contribution in [2.45, 2.75) is 58.9 Å². The Kier molecular flexibility index (Phi) is 2.96. The molecule has 1 fully saturated rings. The molecule has 1 saturated carbocycles. The van der Waals surface area contributed by atoms with Crippen LogP contribution in [0.5, 0.6) is 0 Å². The van der Waals surface area contributed by atoms with Gasteiger partial charge in [0.1, 0.15) is 17.3 Å². The van der Waals surface area contributed by atoms with Crippen molar-refractivity contribution in [3.8, 4) is 0 Å². The van der Waals surface area contributed by atoms with Crippen LogP contribution < -0.4 is 5.73 Å². The maximum atomic E-state index is 6.11. The summed E-state index contributed by atoms with van der Waals surface area (Å²) in [7, 11) is 0. The van der Waals surface area contributed by atoms with E-state index in [1.54, 1.807) is 0 Å². The topological polar surface area (TPSA) is 56.7 Å². The Bertz CT molecular complexity index is 621. The minimum Gasteiger partial charge on any atom is -0.383 e. The van der Waals surface area contributed by atoms with Crippen molar-refractivity contribution in [1.29, 1.82) is 0 Å². The van der Waals surface area contributed by atoms with E-state index in [1.807, 2.05) is 6.92 Å². The predicted molar refractivity (Wildman–Crippen MR) is 78.3 cm³/mol. The van der Waals surface area contributed by atoms with Gasteiger partial charge in [0.05, 0.1) is 5.39 Å². The molecule has 0 aromatic carbocycles. The van der Waals surface area contributed by atoms with Gasteiger partial charge in [0.15, 0.2) is 0 Å². The molecule has 0 atom stereocenters. The van der Waals surface area contributed by atoms with Crippen molar-refractivity contribution in [2.24, 2.45) is 0 Å². The van der Waals surface area contributed by atoms with E-state index in [4.69, 9.17) is 5.73 Å². The number of rotatable bonds is 1. The minimum absolute atomic E-state index is 0.582. The molecule has 0 radical (unpaired) electrons. The molecule has 3 rings (SSSR count). The molecule has 0 saturated heterocycles. The maximum absolute atomic E-state index is 6.11. The number of hydrogen-bond acceptors (Lipinski definition) is 3. The molecule has 2 heterocycles. The predicted octanol–water partition coefficient (Wildman–Crippen LogP) is 3.44. The van der Waals surface area contributed by atoms with Crippen LogP contribution >= 0.6 is 0 Å². The molecule has 19 heavy (non-hydrogen) atoms. The van der Waals surface area contributed by atoms with E-state index >= 15 is 0 Å². The third-order valence-corrected chi connectivity index (χ3v) is 4.48.